The van der Waals surface area contributed by atoms with Crippen LogP contribution in [0, 0.1) is 6.92 Å². The predicted octanol–water partition coefficient (Wildman–Crippen LogP) is 1.14. The fourth-order valence-electron chi connectivity index (χ4n) is 2.06. The number of nitrogens with two attached hydrogens (primary N) is 1. The standard InChI is InChI=1S/C12H18N2O/c1-9-2-3-10(12(13)6-9)7-14-5-4-11(15)8-14/h2-3,6,11,15H,4-5,7-8,13H2,1H3/t11-/m1/s1. The highest BCUT2D eigenvalue weighted by molar-refractivity contribution is 5.48. The van der Waals surface area contributed by atoms with E-state index in [0.29, 0.717) is 0 Å². The Morgan fingerprint density at radius 2 is 2.33 bits per heavy atom. The van der Waals surface area contributed by atoms with E-state index >= 15 is 0 Å². The van der Waals surface area contributed by atoms with E-state index in [2.05, 4.69) is 17.0 Å². The lowest BCUT2D eigenvalue weighted by molar-refractivity contribution is 0.175. The summed E-state index contributed by atoms with van der Waals surface area (Å²) in [5.41, 5.74) is 9.16. The number of hydrogen-bond donors (Lipinski definition) is 2. The first-order valence-corrected chi connectivity index (χ1v) is 5.40. The SMILES string of the molecule is Cc1ccc(CN2CC[C@@H](O)C2)c(N)c1. The fourth-order valence-corrected chi connectivity index (χ4v) is 2.06. The summed E-state index contributed by atoms with van der Waals surface area (Å²) in [7, 11) is 0. The van der Waals surface area contributed by atoms with Gasteiger partial charge >= 0.3 is 0 Å². The minimum Gasteiger partial charge on any atom is -0.398 e. The number of nitrogens with zero attached hydrogens (tertiary/aromatic N) is 1. The van der Waals surface area contributed by atoms with Gasteiger partial charge in [-0.05, 0) is 30.5 Å². The van der Waals surface area contributed by atoms with Crippen molar-refractivity contribution in [3.63, 3.8) is 0 Å². The summed E-state index contributed by atoms with van der Waals surface area (Å²) in [4.78, 5) is 2.24. The summed E-state index contributed by atoms with van der Waals surface area (Å²) in [6.07, 6.45) is 0.725. The van der Waals surface area contributed by atoms with Crippen molar-refractivity contribution >= 4 is 5.69 Å². The Morgan fingerprint density at radius 1 is 1.53 bits per heavy atom. The van der Waals surface area contributed by atoms with Crippen LogP contribution in [0.2, 0.25) is 0 Å². The molecular weight excluding hydrogens is 188 g/mol. The zero-order valence-corrected chi connectivity index (χ0v) is 9.11. The molecule has 2 rings (SSSR count). The Kier molecular flexibility index (Phi) is 2.93. The van der Waals surface area contributed by atoms with Crippen molar-refractivity contribution < 1.29 is 5.11 Å². The third kappa shape index (κ3) is 2.49. The van der Waals surface area contributed by atoms with Crippen molar-refractivity contribution in [1.29, 1.82) is 0 Å². The summed E-state index contributed by atoms with van der Waals surface area (Å²) in [5, 5.41) is 9.42. The number of anilines is 1. The quantitative estimate of drug-likeness (QED) is 0.713. The average molecular weight is 206 g/mol. The van der Waals surface area contributed by atoms with E-state index in [0.717, 1.165) is 37.3 Å². The Morgan fingerprint density at radius 3 is 2.93 bits per heavy atom. The lowest BCUT2D eigenvalue weighted by Crippen LogP contribution is -2.22. The summed E-state index contributed by atoms with van der Waals surface area (Å²) in [6, 6.07) is 6.16. The van der Waals surface area contributed by atoms with E-state index in [-0.39, 0.29) is 6.10 Å². The van der Waals surface area contributed by atoms with Gasteiger partial charge in [0.15, 0.2) is 0 Å². The zero-order chi connectivity index (χ0) is 10.8. The number of likely N-dealkylation sites (tertiary alicyclic amines) is 1. The second-order valence-corrected chi connectivity index (χ2v) is 4.38. The molecular formula is C12H18N2O. The lowest BCUT2D eigenvalue weighted by Gasteiger charge is -2.16. The van der Waals surface area contributed by atoms with Crippen molar-refractivity contribution in [2.24, 2.45) is 0 Å². The van der Waals surface area contributed by atoms with E-state index in [1.807, 2.05) is 13.0 Å². The number of benzene rings is 1. The van der Waals surface area contributed by atoms with E-state index in [4.69, 9.17) is 5.73 Å². The van der Waals surface area contributed by atoms with Crippen molar-refractivity contribution in [3.8, 4) is 0 Å². The molecule has 0 unspecified atom stereocenters. The lowest BCUT2D eigenvalue weighted by atomic mass is 10.1. The van der Waals surface area contributed by atoms with Crippen LogP contribution in [-0.2, 0) is 6.54 Å². The molecule has 3 N–H and O–H groups in total. The Labute approximate surface area is 90.5 Å². The Balaban J connectivity index is 2.04. The second kappa shape index (κ2) is 4.21. The van der Waals surface area contributed by atoms with E-state index in [1.54, 1.807) is 0 Å². The predicted molar refractivity (Wildman–Crippen MR) is 61.5 cm³/mol. The van der Waals surface area contributed by atoms with Gasteiger partial charge in [0.25, 0.3) is 0 Å². The molecule has 82 valence electrons. The molecule has 1 aliphatic heterocycles. The van der Waals surface area contributed by atoms with Crippen molar-refractivity contribution in [1.82, 2.24) is 4.90 Å². The molecule has 1 aromatic carbocycles. The van der Waals surface area contributed by atoms with E-state index in [9.17, 15) is 5.11 Å². The summed E-state index contributed by atoms with van der Waals surface area (Å²) >= 11 is 0. The van der Waals surface area contributed by atoms with Gasteiger partial charge in [-0.1, -0.05) is 12.1 Å². The van der Waals surface area contributed by atoms with Crippen LogP contribution in [0.4, 0.5) is 5.69 Å². The van der Waals surface area contributed by atoms with Crippen LogP contribution in [0.15, 0.2) is 18.2 Å². The minimum absolute atomic E-state index is 0.156. The van der Waals surface area contributed by atoms with Crippen LogP contribution in [0.1, 0.15) is 17.5 Å². The largest absolute Gasteiger partial charge is 0.398 e. The normalized spacial score (nSPS) is 22.1. The highest BCUT2D eigenvalue weighted by atomic mass is 16.3. The van der Waals surface area contributed by atoms with Crippen LogP contribution in [0.25, 0.3) is 0 Å². The molecule has 1 fully saturated rings. The maximum atomic E-state index is 9.42. The van der Waals surface area contributed by atoms with E-state index < -0.39 is 0 Å². The monoisotopic (exact) mass is 206 g/mol. The number of hydrogen-bond acceptors (Lipinski definition) is 3. The van der Waals surface area contributed by atoms with Gasteiger partial charge in [0.05, 0.1) is 6.10 Å². The number of aliphatic hydroxyl groups excluding tert-OH is 1. The molecule has 1 aliphatic rings. The molecule has 1 aromatic rings. The molecule has 3 heteroatoms. The number of aliphatic hydroxyl groups is 1. The Hall–Kier alpha value is -1.06. The third-order valence-corrected chi connectivity index (χ3v) is 2.94. The second-order valence-electron chi connectivity index (χ2n) is 4.38. The van der Waals surface area contributed by atoms with Gasteiger partial charge in [-0.2, -0.15) is 0 Å². The number of aryl methyl sites for hydroxylation is 1. The zero-order valence-electron chi connectivity index (χ0n) is 9.11. The maximum absolute atomic E-state index is 9.42. The fraction of sp³-hybridized carbons (Fsp3) is 0.500. The van der Waals surface area contributed by atoms with Gasteiger partial charge in [-0.25, -0.2) is 0 Å². The topological polar surface area (TPSA) is 49.5 Å². The van der Waals surface area contributed by atoms with Crippen LogP contribution >= 0.6 is 0 Å². The molecule has 15 heavy (non-hydrogen) atoms. The van der Waals surface area contributed by atoms with Gasteiger partial charge in [0.2, 0.25) is 0 Å². The Bertz CT molecular complexity index is 351. The van der Waals surface area contributed by atoms with Crippen molar-refractivity contribution in [2.45, 2.75) is 26.0 Å². The van der Waals surface area contributed by atoms with Crippen molar-refractivity contribution in [2.75, 3.05) is 18.8 Å². The van der Waals surface area contributed by atoms with Gasteiger partial charge in [-0.3, -0.25) is 4.90 Å². The van der Waals surface area contributed by atoms with Gasteiger partial charge < -0.3 is 10.8 Å². The van der Waals surface area contributed by atoms with Gasteiger partial charge in [-0.15, -0.1) is 0 Å². The minimum atomic E-state index is -0.156. The summed E-state index contributed by atoms with van der Waals surface area (Å²) in [6.45, 7) is 4.63. The molecule has 1 heterocycles. The molecule has 0 saturated carbocycles. The first-order chi connectivity index (χ1) is 7.15. The van der Waals surface area contributed by atoms with Crippen LogP contribution in [0.5, 0.6) is 0 Å². The highest BCUT2D eigenvalue weighted by Gasteiger charge is 2.20. The van der Waals surface area contributed by atoms with E-state index in [1.165, 1.54) is 5.56 Å². The first kappa shape index (κ1) is 10.5. The molecule has 0 amide bonds. The summed E-state index contributed by atoms with van der Waals surface area (Å²) < 4.78 is 0. The smallest absolute Gasteiger partial charge is 0.0679 e. The molecule has 0 aliphatic carbocycles. The molecule has 0 bridgehead atoms. The highest BCUT2D eigenvalue weighted by Crippen LogP contribution is 2.18. The molecule has 0 radical (unpaired) electrons. The van der Waals surface area contributed by atoms with Crippen molar-refractivity contribution in [3.05, 3.63) is 29.3 Å². The maximum Gasteiger partial charge on any atom is 0.0679 e. The average Bonchev–Trinajstić information content (AvgIpc) is 2.56. The molecule has 1 atom stereocenters. The molecule has 0 spiro atoms. The molecule has 3 nitrogen and oxygen atoms in total. The number of β-amino-alcohol motifs (C(OH)–C–C–N with tert-alkyl or cyclic N) is 1. The molecule has 1 saturated heterocycles. The molecule has 0 aromatic heterocycles. The van der Waals surface area contributed by atoms with Crippen LogP contribution in [0.3, 0.4) is 0 Å². The van der Waals surface area contributed by atoms with Gasteiger partial charge in [0.1, 0.15) is 0 Å². The first-order valence-electron chi connectivity index (χ1n) is 5.40. The van der Waals surface area contributed by atoms with Crippen LogP contribution < -0.4 is 5.73 Å². The van der Waals surface area contributed by atoms with Crippen LogP contribution in [-0.4, -0.2) is 29.2 Å². The summed E-state index contributed by atoms with van der Waals surface area (Å²) in [5.74, 6) is 0. The number of nitrogen functional groups attached to an aromatic ring is 1. The number of rotatable bonds is 2. The van der Waals surface area contributed by atoms with Gasteiger partial charge in [0, 0.05) is 25.3 Å². The third-order valence-electron chi connectivity index (χ3n) is 2.94.